The molecule has 1 amide bonds. The number of hydrogen-bond acceptors (Lipinski definition) is 4. The molecular weight excluding hydrogens is 453 g/mol. The van der Waals surface area contributed by atoms with E-state index < -0.39 is 17.9 Å². The number of carbonyl (C=O) groups excluding carboxylic acids is 2. The largest absolute Gasteiger partial charge is 0.482 e. The van der Waals surface area contributed by atoms with Crippen LogP contribution >= 0.6 is 23.2 Å². The van der Waals surface area contributed by atoms with Gasteiger partial charge in [0, 0.05) is 17.4 Å². The van der Waals surface area contributed by atoms with E-state index in [0.29, 0.717) is 17.9 Å². The Morgan fingerprint density at radius 3 is 2.62 bits per heavy atom. The fourth-order valence-electron chi connectivity index (χ4n) is 4.86. The van der Waals surface area contributed by atoms with Gasteiger partial charge in [0.25, 0.3) is 5.91 Å². The zero-order valence-corrected chi connectivity index (χ0v) is 20.1. The van der Waals surface area contributed by atoms with Crippen molar-refractivity contribution in [2.45, 2.75) is 65.3 Å². The standard InChI is InChI=1S/C24H29Cl2NO5/c1-4-6-24-7-5-15(28)10-16(24)20-14(11-24)9-18(21(25)22(20)26)32-12-19(29)27-17(23(30)31)8-13(2)3/h9-10,13,17H,4-8,11-12H2,1-3H3,(H,27,29)(H,30,31)/t17-,24?/m0/s1. The zero-order valence-electron chi connectivity index (χ0n) is 18.6. The van der Waals surface area contributed by atoms with E-state index in [1.165, 1.54) is 0 Å². The topological polar surface area (TPSA) is 92.7 Å². The first-order valence-electron chi connectivity index (χ1n) is 11.0. The number of carboxylic acids is 1. The third-order valence-electron chi connectivity index (χ3n) is 6.21. The molecule has 0 fully saturated rings. The summed E-state index contributed by atoms with van der Waals surface area (Å²) < 4.78 is 5.65. The summed E-state index contributed by atoms with van der Waals surface area (Å²) in [6.07, 6.45) is 5.99. The number of rotatable bonds is 9. The van der Waals surface area contributed by atoms with Gasteiger partial charge in [-0.3, -0.25) is 9.59 Å². The van der Waals surface area contributed by atoms with Crippen LogP contribution in [0.15, 0.2) is 12.1 Å². The first-order chi connectivity index (χ1) is 15.1. The summed E-state index contributed by atoms with van der Waals surface area (Å²) in [5.41, 5.74) is 2.59. The molecule has 0 saturated carbocycles. The molecule has 32 heavy (non-hydrogen) atoms. The number of fused-ring (bicyclic) bond motifs is 3. The maximum atomic E-state index is 12.3. The molecular formula is C24H29Cl2NO5. The van der Waals surface area contributed by atoms with Gasteiger partial charge < -0.3 is 15.2 Å². The van der Waals surface area contributed by atoms with E-state index in [0.717, 1.165) is 42.4 Å². The van der Waals surface area contributed by atoms with E-state index in [-0.39, 0.29) is 34.5 Å². The van der Waals surface area contributed by atoms with Crippen molar-refractivity contribution in [3.63, 3.8) is 0 Å². The highest BCUT2D eigenvalue weighted by Crippen LogP contribution is 2.58. The summed E-state index contributed by atoms with van der Waals surface area (Å²) in [4.78, 5) is 35.8. The number of allylic oxidation sites excluding steroid dienone is 2. The quantitative estimate of drug-likeness (QED) is 0.512. The molecule has 0 radical (unpaired) electrons. The average Bonchev–Trinajstić information content (AvgIpc) is 3.02. The van der Waals surface area contributed by atoms with Gasteiger partial charge in [0.1, 0.15) is 16.8 Å². The number of ketones is 1. The number of benzene rings is 1. The van der Waals surface area contributed by atoms with Crippen LogP contribution in [0.2, 0.25) is 10.0 Å². The third-order valence-corrected chi connectivity index (χ3v) is 7.06. The van der Waals surface area contributed by atoms with E-state index in [9.17, 15) is 19.5 Å². The number of nitrogens with one attached hydrogen (secondary N) is 1. The highest BCUT2D eigenvalue weighted by atomic mass is 35.5. The maximum absolute atomic E-state index is 12.3. The Morgan fingerprint density at radius 2 is 2.00 bits per heavy atom. The number of carbonyl (C=O) groups is 3. The lowest BCUT2D eigenvalue weighted by Gasteiger charge is -2.33. The van der Waals surface area contributed by atoms with Gasteiger partial charge in [-0.1, -0.05) is 50.4 Å². The minimum absolute atomic E-state index is 0.0955. The van der Waals surface area contributed by atoms with Crippen LogP contribution in [0, 0.1) is 11.3 Å². The van der Waals surface area contributed by atoms with E-state index in [4.69, 9.17) is 27.9 Å². The summed E-state index contributed by atoms with van der Waals surface area (Å²) in [6.45, 7) is 5.52. The molecule has 174 valence electrons. The van der Waals surface area contributed by atoms with Crippen LogP contribution in [0.1, 0.15) is 64.0 Å². The van der Waals surface area contributed by atoms with Crippen molar-refractivity contribution in [2.75, 3.05) is 6.61 Å². The predicted octanol–water partition coefficient (Wildman–Crippen LogP) is 5.08. The second-order valence-electron chi connectivity index (χ2n) is 9.14. The number of carboxylic acid groups (broad SMARTS) is 1. The van der Waals surface area contributed by atoms with Crippen LogP contribution in [0.25, 0.3) is 5.57 Å². The van der Waals surface area contributed by atoms with E-state index in [1.54, 1.807) is 12.1 Å². The van der Waals surface area contributed by atoms with E-state index >= 15 is 0 Å². The van der Waals surface area contributed by atoms with E-state index in [2.05, 4.69) is 12.2 Å². The lowest BCUT2D eigenvalue weighted by Crippen LogP contribution is -2.43. The third kappa shape index (κ3) is 4.96. The van der Waals surface area contributed by atoms with Gasteiger partial charge in [-0.15, -0.1) is 0 Å². The lowest BCUT2D eigenvalue weighted by molar-refractivity contribution is -0.142. The van der Waals surface area contributed by atoms with Crippen LogP contribution in [-0.4, -0.2) is 35.4 Å². The Bertz CT molecular complexity index is 972. The number of amides is 1. The molecule has 6 nitrogen and oxygen atoms in total. The van der Waals surface area contributed by atoms with E-state index in [1.807, 2.05) is 13.8 Å². The normalized spacial score (nSPS) is 20.4. The molecule has 0 aromatic heterocycles. The van der Waals surface area contributed by atoms with Crippen LogP contribution in [0.3, 0.4) is 0 Å². The molecule has 0 heterocycles. The average molecular weight is 482 g/mol. The maximum Gasteiger partial charge on any atom is 0.326 e. The Morgan fingerprint density at radius 1 is 1.28 bits per heavy atom. The van der Waals surface area contributed by atoms with Gasteiger partial charge in [-0.2, -0.15) is 0 Å². The molecule has 1 aromatic carbocycles. The van der Waals surface area contributed by atoms with Gasteiger partial charge in [0.2, 0.25) is 0 Å². The van der Waals surface area contributed by atoms with Crippen LogP contribution < -0.4 is 10.1 Å². The zero-order chi connectivity index (χ0) is 23.6. The summed E-state index contributed by atoms with van der Waals surface area (Å²) in [5, 5.41) is 12.3. The van der Waals surface area contributed by atoms with Crippen LogP contribution in [0.4, 0.5) is 0 Å². The molecule has 2 aliphatic rings. The van der Waals surface area contributed by atoms with Crippen molar-refractivity contribution in [3.8, 4) is 5.75 Å². The van der Waals surface area contributed by atoms with Gasteiger partial charge in [0.05, 0.1) is 5.02 Å². The highest BCUT2D eigenvalue weighted by molar-refractivity contribution is 6.44. The molecule has 0 saturated heterocycles. The lowest BCUT2D eigenvalue weighted by atomic mass is 9.70. The van der Waals surface area contributed by atoms with Crippen molar-refractivity contribution in [1.82, 2.24) is 5.32 Å². The molecule has 3 rings (SSSR count). The first kappa shape index (κ1) is 24.6. The predicted molar refractivity (Wildman–Crippen MR) is 124 cm³/mol. The van der Waals surface area contributed by atoms with Crippen molar-refractivity contribution in [1.29, 1.82) is 0 Å². The fourth-order valence-corrected chi connectivity index (χ4v) is 5.38. The fraction of sp³-hybridized carbons (Fsp3) is 0.542. The molecule has 2 N–H and O–H groups in total. The summed E-state index contributed by atoms with van der Waals surface area (Å²) >= 11 is 13.1. The molecule has 1 aromatic rings. The molecule has 0 spiro atoms. The van der Waals surface area contributed by atoms with Crippen LogP contribution in [-0.2, 0) is 20.8 Å². The van der Waals surface area contributed by atoms with Crippen molar-refractivity contribution >= 4 is 46.4 Å². The first-order valence-corrected chi connectivity index (χ1v) is 11.7. The van der Waals surface area contributed by atoms with Gasteiger partial charge in [0.15, 0.2) is 12.4 Å². The van der Waals surface area contributed by atoms with Gasteiger partial charge in [-0.25, -0.2) is 4.79 Å². The minimum Gasteiger partial charge on any atom is -0.482 e. The highest BCUT2D eigenvalue weighted by Gasteiger charge is 2.45. The molecule has 0 aliphatic heterocycles. The summed E-state index contributed by atoms with van der Waals surface area (Å²) in [5.74, 6) is -1.15. The monoisotopic (exact) mass is 481 g/mol. The second kappa shape index (κ2) is 9.84. The number of halogens is 2. The Labute approximate surface area is 198 Å². The van der Waals surface area contributed by atoms with Crippen molar-refractivity contribution in [3.05, 3.63) is 33.3 Å². The smallest absolute Gasteiger partial charge is 0.326 e. The van der Waals surface area contributed by atoms with Gasteiger partial charge in [-0.05, 0) is 54.9 Å². The van der Waals surface area contributed by atoms with Crippen molar-refractivity contribution in [2.24, 2.45) is 11.3 Å². The SMILES string of the molecule is CCCC12CCC(=O)C=C1c1c(cc(OCC(=O)N[C@@H](CC(C)C)C(=O)O)c(Cl)c1Cl)C2. The number of aliphatic carboxylic acids is 1. The second-order valence-corrected chi connectivity index (χ2v) is 9.90. The molecule has 2 atom stereocenters. The molecule has 8 heteroatoms. The van der Waals surface area contributed by atoms with Crippen LogP contribution in [0.5, 0.6) is 5.75 Å². The summed E-state index contributed by atoms with van der Waals surface area (Å²) in [6, 6.07) is 0.812. The Balaban J connectivity index is 1.81. The minimum atomic E-state index is -1.09. The Hall–Kier alpha value is -2.05. The number of ether oxygens (including phenoxy) is 1. The van der Waals surface area contributed by atoms with Gasteiger partial charge >= 0.3 is 5.97 Å². The molecule has 2 aliphatic carbocycles. The van der Waals surface area contributed by atoms with Crippen molar-refractivity contribution < 1.29 is 24.2 Å². The summed E-state index contributed by atoms with van der Waals surface area (Å²) in [7, 11) is 0. The molecule has 0 bridgehead atoms. The Kier molecular flexibility index (Phi) is 7.56. The molecule has 1 unspecified atom stereocenters. The number of hydrogen-bond donors (Lipinski definition) is 2.